The Morgan fingerprint density at radius 2 is 1.75 bits per heavy atom. The lowest BCUT2D eigenvalue weighted by Crippen LogP contribution is -2.57. The van der Waals surface area contributed by atoms with Crippen molar-refractivity contribution in [1.29, 1.82) is 0 Å². The molecule has 0 spiro atoms. The van der Waals surface area contributed by atoms with E-state index in [-0.39, 0.29) is 37.8 Å². The van der Waals surface area contributed by atoms with E-state index in [1.165, 1.54) is 9.80 Å². The lowest BCUT2D eigenvalue weighted by atomic mass is 9.79. The van der Waals surface area contributed by atoms with Gasteiger partial charge in [-0.05, 0) is 88.3 Å². The minimum absolute atomic E-state index is 0.0319. The van der Waals surface area contributed by atoms with E-state index in [0.717, 1.165) is 19.3 Å². The Labute approximate surface area is 304 Å². The highest BCUT2D eigenvalue weighted by Crippen LogP contribution is 2.49. The van der Waals surface area contributed by atoms with Gasteiger partial charge in [-0.2, -0.15) is 0 Å². The Balaban J connectivity index is 1.35. The van der Waals surface area contributed by atoms with Crippen molar-refractivity contribution >= 4 is 51.4 Å². The molecule has 1 aromatic carbocycles. The molecule has 1 aromatic rings. The predicted octanol–water partition coefficient (Wildman–Crippen LogP) is 4.52. The predicted molar refractivity (Wildman–Crippen MR) is 187 cm³/mol. The standard InChI is InChI=1S/C36H49ClN4O9S/c1-5-22-17-36(22,33(45)39-51(48,49)23-14-15-23)38-30(42)27-16-21(29-24-12-9-13-26(37)25(24)19-41(29)34(46)47)18-40(27)31(43)28(20-10-7-6-8-11-20)32(44)50-35(2,3)4/h9,12-13,20-23,27-29H,5-8,10-11,14-19H2,1-4H3,(H,38,42)(H,39,45)(H,46,47)/t21-,22-,27+,28+,29?,36-/m1/s1. The number of carbonyl (C=O) groups excluding carboxylic acids is 4. The first kappa shape index (κ1) is 37.4. The maximum Gasteiger partial charge on any atom is 0.408 e. The number of carboxylic acid groups (broad SMARTS) is 1. The first-order chi connectivity index (χ1) is 24.0. The van der Waals surface area contributed by atoms with Crippen LogP contribution in [0.1, 0.15) is 109 Å². The molecule has 3 saturated carbocycles. The van der Waals surface area contributed by atoms with Gasteiger partial charge in [-0.3, -0.25) is 28.8 Å². The number of hydrogen-bond acceptors (Lipinski definition) is 8. The fraction of sp³-hybridized carbons (Fsp3) is 0.694. The second-order valence-electron chi connectivity index (χ2n) is 16.0. The van der Waals surface area contributed by atoms with Gasteiger partial charge in [0.15, 0.2) is 0 Å². The summed E-state index contributed by atoms with van der Waals surface area (Å²) in [6.45, 7) is 7.04. The number of sulfonamides is 1. The molecular weight excluding hydrogens is 700 g/mol. The fourth-order valence-corrected chi connectivity index (χ4v) is 10.1. The van der Waals surface area contributed by atoms with Crippen molar-refractivity contribution in [2.75, 3.05) is 6.54 Å². The number of fused-ring (bicyclic) bond motifs is 1. The summed E-state index contributed by atoms with van der Waals surface area (Å²) in [5.41, 5.74) is -1.00. The smallest absolute Gasteiger partial charge is 0.408 e. The molecule has 1 saturated heterocycles. The molecule has 4 amide bonds. The number of carbonyl (C=O) groups is 5. The van der Waals surface area contributed by atoms with E-state index < -0.39 is 80.1 Å². The Morgan fingerprint density at radius 1 is 1.06 bits per heavy atom. The fourth-order valence-electron chi connectivity index (χ4n) is 8.54. The van der Waals surface area contributed by atoms with Crippen molar-refractivity contribution in [1.82, 2.24) is 19.8 Å². The van der Waals surface area contributed by atoms with E-state index in [4.69, 9.17) is 16.3 Å². The summed E-state index contributed by atoms with van der Waals surface area (Å²) < 4.78 is 33.5. The van der Waals surface area contributed by atoms with Gasteiger partial charge in [0.2, 0.25) is 21.8 Å². The maximum atomic E-state index is 14.8. The molecule has 280 valence electrons. The van der Waals surface area contributed by atoms with Crippen LogP contribution in [0.3, 0.4) is 0 Å². The largest absolute Gasteiger partial charge is 0.465 e. The van der Waals surface area contributed by atoms with Crippen LogP contribution in [0.2, 0.25) is 5.02 Å². The van der Waals surface area contributed by atoms with E-state index in [1.807, 2.05) is 6.92 Å². The highest BCUT2D eigenvalue weighted by Gasteiger charge is 2.62. The summed E-state index contributed by atoms with van der Waals surface area (Å²) in [6, 6.07) is 3.32. The number of benzene rings is 1. The number of halogens is 1. The van der Waals surface area contributed by atoms with Crippen molar-refractivity contribution in [3.8, 4) is 0 Å². The lowest BCUT2D eigenvalue weighted by molar-refractivity contribution is -0.169. The van der Waals surface area contributed by atoms with Gasteiger partial charge < -0.3 is 20.1 Å². The van der Waals surface area contributed by atoms with Crippen LogP contribution in [0.25, 0.3) is 0 Å². The zero-order valence-corrected chi connectivity index (χ0v) is 31.2. The molecule has 6 rings (SSSR count). The average Bonchev–Trinajstić information content (AvgIpc) is 3.95. The van der Waals surface area contributed by atoms with Gasteiger partial charge >= 0.3 is 12.1 Å². The summed E-state index contributed by atoms with van der Waals surface area (Å²) in [7, 11) is -3.89. The number of rotatable bonds is 10. The van der Waals surface area contributed by atoms with Gasteiger partial charge in [0.1, 0.15) is 23.1 Å². The van der Waals surface area contributed by atoms with Gasteiger partial charge in [-0.1, -0.05) is 56.3 Å². The molecule has 0 bridgehead atoms. The number of hydrogen-bond donors (Lipinski definition) is 3. The third-order valence-corrected chi connectivity index (χ3v) is 13.5. The maximum absolute atomic E-state index is 14.8. The molecule has 5 aliphatic rings. The van der Waals surface area contributed by atoms with E-state index in [2.05, 4.69) is 10.0 Å². The summed E-state index contributed by atoms with van der Waals surface area (Å²) >= 11 is 6.51. The molecule has 2 heterocycles. The minimum Gasteiger partial charge on any atom is -0.465 e. The van der Waals surface area contributed by atoms with Crippen molar-refractivity contribution in [2.45, 2.75) is 127 Å². The molecular formula is C36H49ClN4O9S. The van der Waals surface area contributed by atoms with Crippen LogP contribution in [-0.2, 0) is 40.5 Å². The summed E-state index contributed by atoms with van der Waals surface area (Å²) in [5, 5.41) is 12.9. The van der Waals surface area contributed by atoms with Crippen molar-refractivity contribution in [2.24, 2.45) is 23.7 Å². The SMILES string of the molecule is CC[C@@H]1C[C@]1(NC(=O)[C@@H]1C[C@@H](C2c3cccc(Cl)c3CN2C(=O)O)CN1C(=O)[C@@H](C(=O)OC(C)(C)C)C1CCCCC1)C(=O)NS(=O)(=O)C1CC1. The molecule has 4 fully saturated rings. The van der Waals surface area contributed by atoms with Gasteiger partial charge in [0.05, 0.1) is 17.8 Å². The molecule has 3 aliphatic carbocycles. The first-order valence-corrected chi connectivity index (χ1v) is 20.1. The Hall–Kier alpha value is -3.39. The van der Waals surface area contributed by atoms with E-state index >= 15 is 0 Å². The highest BCUT2D eigenvalue weighted by molar-refractivity contribution is 7.91. The van der Waals surface area contributed by atoms with Gasteiger partial charge in [-0.25, -0.2) is 13.2 Å². The molecule has 1 unspecified atom stereocenters. The first-order valence-electron chi connectivity index (χ1n) is 18.2. The summed E-state index contributed by atoms with van der Waals surface area (Å²) in [4.78, 5) is 71.9. The molecule has 15 heteroatoms. The third-order valence-electron chi connectivity index (χ3n) is 11.3. The number of nitrogens with zero attached hydrogens (tertiary/aromatic N) is 2. The summed E-state index contributed by atoms with van der Waals surface area (Å²) in [6.07, 6.45) is 4.47. The Kier molecular flexibility index (Phi) is 10.2. The number of likely N-dealkylation sites (tertiary alicyclic amines) is 1. The molecule has 3 N–H and O–H groups in total. The van der Waals surface area contributed by atoms with Crippen LogP contribution in [0, 0.1) is 23.7 Å². The number of esters is 1. The molecule has 51 heavy (non-hydrogen) atoms. The number of ether oxygens (including phenoxy) is 1. The second-order valence-corrected chi connectivity index (χ2v) is 18.4. The molecule has 0 aromatic heterocycles. The van der Waals surface area contributed by atoms with Crippen LogP contribution < -0.4 is 10.0 Å². The minimum atomic E-state index is -3.89. The zero-order chi connectivity index (χ0) is 37.0. The second kappa shape index (κ2) is 13.9. The van der Waals surface area contributed by atoms with E-state index in [0.29, 0.717) is 48.3 Å². The van der Waals surface area contributed by atoms with Gasteiger partial charge in [0.25, 0.3) is 5.91 Å². The third kappa shape index (κ3) is 7.45. The van der Waals surface area contributed by atoms with Crippen molar-refractivity contribution in [3.63, 3.8) is 0 Å². The average molecular weight is 749 g/mol. The molecule has 6 atom stereocenters. The van der Waals surface area contributed by atoms with E-state index in [9.17, 15) is 37.5 Å². The normalized spacial score (nSPS) is 28.5. The van der Waals surface area contributed by atoms with Crippen LogP contribution in [0.5, 0.6) is 0 Å². The number of nitrogens with one attached hydrogen (secondary N) is 2. The van der Waals surface area contributed by atoms with Crippen molar-refractivity contribution in [3.05, 3.63) is 34.3 Å². The van der Waals surface area contributed by atoms with Gasteiger partial charge in [-0.15, -0.1) is 0 Å². The van der Waals surface area contributed by atoms with Crippen LogP contribution >= 0.6 is 11.6 Å². The Morgan fingerprint density at radius 3 is 2.33 bits per heavy atom. The molecule has 0 radical (unpaired) electrons. The van der Waals surface area contributed by atoms with Crippen molar-refractivity contribution < 1.29 is 42.2 Å². The van der Waals surface area contributed by atoms with Crippen LogP contribution in [0.4, 0.5) is 4.79 Å². The Bertz CT molecular complexity index is 1700. The molecule has 13 nitrogen and oxygen atoms in total. The van der Waals surface area contributed by atoms with Crippen LogP contribution in [0.15, 0.2) is 18.2 Å². The topological polar surface area (TPSA) is 179 Å². The van der Waals surface area contributed by atoms with Crippen LogP contribution in [-0.4, -0.2) is 82.1 Å². The number of amides is 4. The zero-order valence-electron chi connectivity index (χ0n) is 29.7. The lowest BCUT2D eigenvalue weighted by Gasteiger charge is -2.35. The monoisotopic (exact) mass is 748 g/mol. The van der Waals surface area contributed by atoms with E-state index in [1.54, 1.807) is 39.0 Å². The quantitative estimate of drug-likeness (QED) is 0.229. The highest BCUT2D eigenvalue weighted by atomic mass is 35.5. The van der Waals surface area contributed by atoms with Gasteiger partial charge in [0, 0.05) is 17.5 Å². The molecule has 2 aliphatic heterocycles. The summed E-state index contributed by atoms with van der Waals surface area (Å²) in [5.74, 6) is -5.05.